The molecule has 2 aliphatic rings. The first-order valence-corrected chi connectivity index (χ1v) is 7.25. The van der Waals surface area contributed by atoms with Gasteiger partial charge in [-0.1, -0.05) is 18.2 Å². The van der Waals surface area contributed by atoms with Gasteiger partial charge in [-0.3, -0.25) is 0 Å². The van der Waals surface area contributed by atoms with E-state index >= 15 is 0 Å². The molecule has 108 valence electrons. The van der Waals surface area contributed by atoms with Crippen LogP contribution in [0.25, 0.3) is 0 Å². The minimum atomic E-state index is -0.419. The fraction of sp³-hybridized carbons (Fsp3) is 0.562. The zero-order chi connectivity index (χ0) is 14.3. The maximum atomic E-state index is 12.2. The van der Waals surface area contributed by atoms with Crippen molar-refractivity contribution in [2.24, 2.45) is 0 Å². The molecule has 0 radical (unpaired) electrons. The molecule has 2 aliphatic heterocycles. The fourth-order valence-electron chi connectivity index (χ4n) is 3.15. The highest BCUT2D eigenvalue weighted by Gasteiger charge is 2.46. The molecule has 20 heavy (non-hydrogen) atoms. The second-order valence-electron chi connectivity index (χ2n) is 6.66. The van der Waals surface area contributed by atoms with Crippen molar-refractivity contribution in [2.45, 2.75) is 44.9 Å². The fourth-order valence-corrected chi connectivity index (χ4v) is 3.15. The predicted octanol–water partition coefficient (Wildman–Crippen LogP) is 2.88. The van der Waals surface area contributed by atoms with E-state index in [1.165, 1.54) is 5.69 Å². The molecule has 2 fully saturated rings. The third-order valence-electron chi connectivity index (χ3n) is 3.96. The minimum Gasteiger partial charge on any atom is -0.444 e. The number of para-hydroxylation sites is 1. The minimum absolute atomic E-state index is 0.169. The summed E-state index contributed by atoms with van der Waals surface area (Å²) in [6.45, 7) is 7.42. The van der Waals surface area contributed by atoms with Gasteiger partial charge < -0.3 is 14.5 Å². The third kappa shape index (κ3) is 2.47. The molecule has 4 nitrogen and oxygen atoms in total. The number of carbonyl (C=O) groups excluding carboxylic acids is 1. The molecule has 2 bridgehead atoms. The number of likely N-dealkylation sites (tertiary alicyclic amines) is 1. The molecule has 2 heterocycles. The van der Waals surface area contributed by atoms with Crippen molar-refractivity contribution in [3.05, 3.63) is 30.3 Å². The molecule has 0 N–H and O–H groups in total. The first-order chi connectivity index (χ1) is 9.44. The van der Waals surface area contributed by atoms with Crippen molar-refractivity contribution in [3.8, 4) is 0 Å². The number of carbonyl (C=O) groups is 1. The standard InChI is InChI=1S/C16H22N2O2/c1-16(2,3)20-15(19)18-11-13-9-14(18)10-17(13)12-7-5-4-6-8-12/h4-8,13-14H,9-11H2,1-3H3/t13-,14-/m0/s1. The average molecular weight is 274 g/mol. The number of nitrogens with zero attached hydrogens (tertiary/aromatic N) is 2. The second-order valence-corrected chi connectivity index (χ2v) is 6.66. The van der Waals surface area contributed by atoms with Crippen LogP contribution < -0.4 is 4.90 Å². The molecule has 2 saturated heterocycles. The van der Waals surface area contributed by atoms with Crippen LogP contribution in [0.5, 0.6) is 0 Å². The molecular weight excluding hydrogens is 252 g/mol. The number of hydrogen-bond donors (Lipinski definition) is 0. The van der Waals surface area contributed by atoms with Crippen LogP contribution in [0.2, 0.25) is 0 Å². The van der Waals surface area contributed by atoms with E-state index in [2.05, 4.69) is 29.2 Å². The number of anilines is 1. The zero-order valence-corrected chi connectivity index (χ0v) is 12.4. The van der Waals surface area contributed by atoms with Crippen molar-refractivity contribution in [1.29, 1.82) is 0 Å². The van der Waals surface area contributed by atoms with Gasteiger partial charge in [-0.2, -0.15) is 0 Å². The number of rotatable bonds is 1. The Morgan fingerprint density at radius 2 is 1.85 bits per heavy atom. The second kappa shape index (κ2) is 4.69. The average Bonchev–Trinajstić information content (AvgIpc) is 2.97. The Balaban J connectivity index is 1.66. The highest BCUT2D eigenvalue weighted by Crippen LogP contribution is 2.35. The molecule has 0 aromatic heterocycles. The first-order valence-electron chi connectivity index (χ1n) is 7.25. The third-order valence-corrected chi connectivity index (χ3v) is 3.96. The summed E-state index contributed by atoms with van der Waals surface area (Å²) in [6.07, 6.45) is 0.881. The van der Waals surface area contributed by atoms with E-state index in [1.54, 1.807) is 0 Å². The van der Waals surface area contributed by atoms with E-state index in [0.717, 1.165) is 19.5 Å². The van der Waals surface area contributed by atoms with Gasteiger partial charge >= 0.3 is 6.09 Å². The molecule has 3 rings (SSSR count). The maximum absolute atomic E-state index is 12.2. The van der Waals surface area contributed by atoms with Crippen molar-refractivity contribution in [3.63, 3.8) is 0 Å². The SMILES string of the molecule is CC(C)(C)OC(=O)N1C[C@@H]2C[C@H]1CN2c1ccccc1. The molecule has 0 unspecified atom stereocenters. The highest BCUT2D eigenvalue weighted by molar-refractivity contribution is 5.70. The number of amides is 1. The van der Waals surface area contributed by atoms with Crippen LogP contribution in [-0.4, -0.2) is 41.8 Å². The molecule has 0 spiro atoms. The number of piperazine rings is 1. The van der Waals surface area contributed by atoms with Gasteiger partial charge in [0.25, 0.3) is 0 Å². The lowest BCUT2D eigenvalue weighted by atomic mass is 10.2. The quantitative estimate of drug-likeness (QED) is 0.789. The van der Waals surface area contributed by atoms with Gasteiger partial charge in [0.05, 0.1) is 6.04 Å². The number of fused-ring (bicyclic) bond motifs is 2. The molecular formula is C16H22N2O2. The van der Waals surface area contributed by atoms with Gasteiger partial charge in [0, 0.05) is 24.8 Å². The summed E-state index contributed by atoms with van der Waals surface area (Å²) >= 11 is 0. The summed E-state index contributed by atoms with van der Waals surface area (Å²) in [5, 5.41) is 0. The Kier molecular flexibility index (Phi) is 3.11. The maximum Gasteiger partial charge on any atom is 0.410 e. The van der Waals surface area contributed by atoms with Gasteiger partial charge in [-0.15, -0.1) is 0 Å². The molecule has 0 aliphatic carbocycles. The first kappa shape index (κ1) is 13.3. The van der Waals surface area contributed by atoms with E-state index in [-0.39, 0.29) is 12.1 Å². The summed E-state index contributed by atoms with van der Waals surface area (Å²) < 4.78 is 5.48. The molecule has 0 saturated carbocycles. The number of benzene rings is 1. The van der Waals surface area contributed by atoms with Crippen LogP contribution in [0.4, 0.5) is 10.5 Å². The molecule has 1 amide bonds. The smallest absolute Gasteiger partial charge is 0.410 e. The van der Waals surface area contributed by atoms with Gasteiger partial charge in [0.1, 0.15) is 5.60 Å². The van der Waals surface area contributed by atoms with E-state index in [0.29, 0.717) is 6.04 Å². The van der Waals surface area contributed by atoms with Crippen molar-refractivity contribution >= 4 is 11.8 Å². The molecule has 2 atom stereocenters. The highest BCUT2D eigenvalue weighted by atomic mass is 16.6. The predicted molar refractivity (Wildman–Crippen MR) is 78.9 cm³/mol. The zero-order valence-electron chi connectivity index (χ0n) is 12.4. The monoisotopic (exact) mass is 274 g/mol. The lowest BCUT2D eigenvalue weighted by Gasteiger charge is -2.36. The van der Waals surface area contributed by atoms with Crippen LogP contribution in [0.1, 0.15) is 27.2 Å². The van der Waals surface area contributed by atoms with Crippen LogP contribution >= 0.6 is 0 Å². The Labute approximate surface area is 120 Å². The summed E-state index contributed by atoms with van der Waals surface area (Å²) in [7, 11) is 0. The topological polar surface area (TPSA) is 32.8 Å². The Morgan fingerprint density at radius 1 is 1.15 bits per heavy atom. The lowest BCUT2D eigenvalue weighted by Crippen LogP contribution is -2.50. The van der Waals surface area contributed by atoms with Gasteiger partial charge in [-0.25, -0.2) is 4.79 Å². The normalized spacial score (nSPS) is 25.1. The van der Waals surface area contributed by atoms with Gasteiger partial charge in [0.15, 0.2) is 0 Å². The largest absolute Gasteiger partial charge is 0.444 e. The summed E-state index contributed by atoms with van der Waals surface area (Å²) in [6, 6.07) is 11.1. The van der Waals surface area contributed by atoms with E-state index in [4.69, 9.17) is 4.74 Å². The van der Waals surface area contributed by atoms with Crippen molar-refractivity contribution in [2.75, 3.05) is 18.0 Å². The Hall–Kier alpha value is -1.71. The van der Waals surface area contributed by atoms with Crippen molar-refractivity contribution in [1.82, 2.24) is 4.90 Å². The van der Waals surface area contributed by atoms with Gasteiger partial charge in [-0.05, 0) is 39.3 Å². The molecule has 1 aromatic rings. The van der Waals surface area contributed by atoms with Gasteiger partial charge in [0.2, 0.25) is 0 Å². The molecule has 4 heteroatoms. The molecule has 1 aromatic carbocycles. The van der Waals surface area contributed by atoms with Crippen LogP contribution in [0, 0.1) is 0 Å². The van der Waals surface area contributed by atoms with Crippen molar-refractivity contribution < 1.29 is 9.53 Å². The number of hydrogen-bond acceptors (Lipinski definition) is 3. The summed E-state index contributed by atoms with van der Waals surface area (Å²) in [5.41, 5.74) is 0.835. The Bertz CT molecular complexity index is 495. The lowest BCUT2D eigenvalue weighted by molar-refractivity contribution is 0.0215. The Morgan fingerprint density at radius 3 is 2.40 bits per heavy atom. The summed E-state index contributed by atoms with van der Waals surface area (Å²) in [5.74, 6) is 0. The number of ether oxygens (including phenoxy) is 1. The van der Waals surface area contributed by atoms with E-state index in [9.17, 15) is 4.79 Å². The van der Waals surface area contributed by atoms with Crippen LogP contribution in [0.15, 0.2) is 30.3 Å². The van der Waals surface area contributed by atoms with Crippen LogP contribution in [0.3, 0.4) is 0 Å². The van der Waals surface area contributed by atoms with E-state index in [1.807, 2.05) is 31.7 Å². The van der Waals surface area contributed by atoms with Crippen LogP contribution in [-0.2, 0) is 4.74 Å². The summed E-state index contributed by atoms with van der Waals surface area (Å²) in [4.78, 5) is 16.5. The van der Waals surface area contributed by atoms with E-state index < -0.39 is 5.60 Å².